The van der Waals surface area contributed by atoms with Crippen molar-refractivity contribution in [3.8, 4) is 22.7 Å². The average molecular weight is 527 g/mol. The van der Waals surface area contributed by atoms with E-state index in [1.807, 2.05) is 68.4 Å². The number of ether oxygens (including phenoxy) is 1. The monoisotopic (exact) mass is 526 g/mol. The predicted molar refractivity (Wildman–Crippen MR) is 150 cm³/mol. The molecule has 0 aliphatic carbocycles. The number of hydrogen-bond donors (Lipinski definition) is 1. The van der Waals surface area contributed by atoms with Crippen molar-refractivity contribution >= 4 is 17.6 Å². The SMILES string of the molecule is COc1cccc(-c2cc(C(=O)N3CCN(C(=O)Nc4ccc(C)cc4)CC3)c(C)n2-c2ccccc2F)c1. The van der Waals surface area contributed by atoms with Crippen LogP contribution in [0.3, 0.4) is 0 Å². The number of urea groups is 1. The van der Waals surface area contributed by atoms with Crippen molar-refractivity contribution in [3.05, 3.63) is 102 Å². The predicted octanol–water partition coefficient (Wildman–Crippen LogP) is 5.90. The van der Waals surface area contributed by atoms with E-state index in [2.05, 4.69) is 5.32 Å². The molecule has 1 fully saturated rings. The second-order valence-electron chi connectivity index (χ2n) is 9.62. The summed E-state index contributed by atoms with van der Waals surface area (Å²) in [4.78, 5) is 30.0. The third kappa shape index (κ3) is 5.36. The molecule has 1 aliphatic heterocycles. The van der Waals surface area contributed by atoms with Crippen LogP contribution in [0.4, 0.5) is 14.9 Å². The van der Waals surface area contributed by atoms with Crippen molar-refractivity contribution in [1.82, 2.24) is 14.4 Å². The highest BCUT2D eigenvalue weighted by atomic mass is 19.1. The lowest BCUT2D eigenvalue weighted by atomic mass is 10.1. The van der Waals surface area contributed by atoms with Crippen molar-refractivity contribution in [3.63, 3.8) is 0 Å². The summed E-state index contributed by atoms with van der Waals surface area (Å²) in [5.74, 6) is 0.136. The first-order valence-electron chi connectivity index (χ1n) is 12.9. The van der Waals surface area contributed by atoms with Crippen molar-refractivity contribution in [2.45, 2.75) is 13.8 Å². The van der Waals surface area contributed by atoms with Crippen LogP contribution in [-0.4, -0.2) is 59.6 Å². The number of piperazine rings is 1. The number of aromatic nitrogens is 1. The molecule has 4 aromatic rings. The number of nitrogens with zero attached hydrogens (tertiary/aromatic N) is 3. The standard InChI is InChI=1S/C31H31FN4O3/c1-21-11-13-24(14-12-21)33-31(38)35-17-15-34(16-18-35)30(37)26-20-29(23-7-6-8-25(19-23)39-3)36(22(26)2)28-10-5-4-9-27(28)32/h4-14,19-20H,15-18H2,1-3H3,(H,33,38). The van der Waals surface area contributed by atoms with Crippen LogP contribution in [0.25, 0.3) is 16.9 Å². The summed E-state index contributed by atoms with van der Waals surface area (Å²) >= 11 is 0. The second kappa shape index (κ2) is 11.0. The van der Waals surface area contributed by atoms with Crippen molar-refractivity contribution in [2.75, 3.05) is 38.6 Å². The average Bonchev–Trinajstić information content (AvgIpc) is 3.31. The van der Waals surface area contributed by atoms with Gasteiger partial charge in [0.25, 0.3) is 5.91 Å². The number of methoxy groups -OCH3 is 1. The molecule has 3 aromatic carbocycles. The molecule has 1 aromatic heterocycles. The number of para-hydroxylation sites is 1. The summed E-state index contributed by atoms with van der Waals surface area (Å²) in [6, 6.07) is 23.3. The Hall–Kier alpha value is -4.59. The first kappa shape index (κ1) is 26.0. The van der Waals surface area contributed by atoms with Crippen LogP contribution in [0.1, 0.15) is 21.6 Å². The van der Waals surface area contributed by atoms with Crippen LogP contribution in [0.15, 0.2) is 78.9 Å². The molecule has 7 nitrogen and oxygen atoms in total. The number of halogens is 1. The van der Waals surface area contributed by atoms with Crippen LogP contribution in [-0.2, 0) is 0 Å². The molecule has 0 radical (unpaired) electrons. The summed E-state index contributed by atoms with van der Waals surface area (Å²) in [5, 5.41) is 2.92. The van der Waals surface area contributed by atoms with E-state index in [1.165, 1.54) is 6.07 Å². The van der Waals surface area contributed by atoms with E-state index in [4.69, 9.17) is 4.74 Å². The van der Waals surface area contributed by atoms with E-state index in [-0.39, 0.29) is 17.8 Å². The van der Waals surface area contributed by atoms with Gasteiger partial charge in [0, 0.05) is 43.1 Å². The second-order valence-corrected chi connectivity index (χ2v) is 9.62. The van der Waals surface area contributed by atoms with E-state index in [0.29, 0.717) is 54.6 Å². The zero-order valence-corrected chi connectivity index (χ0v) is 22.3. The van der Waals surface area contributed by atoms with Gasteiger partial charge in [0.1, 0.15) is 11.6 Å². The summed E-state index contributed by atoms with van der Waals surface area (Å²) in [6.45, 7) is 5.46. The van der Waals surface area contributed by atoms with Gasteiger partial charge in [-0.25, -0.2) is 9.18 Å². The van der Waals surface area contributed by atoms with Gasteiger partial charge < -0.3 is 24.4 Å². The quantitative estimate of drug-likeness (QED) is 0.352. The lowest BCUT2D eigenvalue weighted by molar-refractivity contribution is 0.0671. The van der Waals surface area contributed by atoms with E-state index < -0.39 is 0 Å². The zero-order valence-electron chi connectivity index (χ0n) is 22.3. The molecule has 8 heteroatoms. The van der Waals surface area contributed by atoms with Crippen LogP contribution in [0.2, 0.25) is 0 Å². The van der Waals surface area contributed by atoms with Crippen LogP contribution >= 0.6 is 0 Å². The lowest BCUT2D eigenvalue weighted by Gasteiger charge is -2.34. The van der Waals surface area contributed by atoms with Crippen molar-refractivity contribution < 1.29 is 18.7 Å². The Morgan fingerprint density at radius 3 is 2.23 bits per heavy atom. The van der Waals surface area contributed by atoms with Gasteiger partial charge >= 0.3 is 6.03 Å². The Bertz CT molecular complexity index is 1500. The van der Waals surface area contributed by atoms with Crippen LogP contribution < -0.4 is 10.1 Å². The normalized spacial score (nSPS) is 13.3. The molecule has 3 amide bonds. The Labute approximate surface area is 227 Å². The smallest absolute Gasteiger partial charge is 0.321 e. The number of anilines is 1. The van der Waals surface area contributed by atoms with Gasteiger partial charge in [-0.2, -0.15) is 0 Å². The van der Waals surface area contributed by atoms with E-state index in [1.54, 1.807) is 39.7 Å². The van der Waals surface area contributed by atoms with E-state index in [0.717, 1.165) is 16.8 Å². The molecule has 0 spiro atoms. The van der Waals surface area contributed by atoms with Gasteiger partial charge in [-0.1, -0.05) is 42.0 Å². The Morgan fingerprint density at radius 2 is 1.54 bits per heavy atom. The third-order valence-electron chi connectivity index (χ3n) is 7.09. The fraction of sp³-hybridized carbons (Fsp3) is 0.226. The minimum Gasteiger partial charge on any atom is -0.497 e. The van der Waals surface area contributed by atoms with Crippen molar-refractivity contribution in [1.29, 1.82) is 0 Å². The molecule has 1 N–H and O–H groups in total. The minimum atomic E-state index is -0.382. The highest BCUT2D eigenvalue weighted by molar-refractivity contribution is 5.98. The first-order valence-corrected chi connectivity index (χ1v) is 12.9. The summed E-state index contributed by atoms with van der Waals surface area (Å²) in [6.07, 6.45) is 0. The number of benzene rings is 3. The van der Waals surface area contributed by atoms with Gasteiger partial charge in [-0.3, -0.25) is 4.79 Å². The highest BCUT2D eigenvalue weighted by Gasteiger charge is 2.28. The molecule has 200 valence electrons. The number of carbonyl (C=O) groups is 2. The number of hydrogen-bond acceptors (Lipinski definition) is 3. The molecule has 0 unspecified atom stereocenters. The Kier molecular flexibility index (Phi) is 7.36. The largest absolute Gasteiger partial charge is 0.497 e. The van der Waals surface area contributed by atoms with E-state index in [9.17, 15) is 14.0 Å². The van der Waals surface area contributed by atoms with Gasteiger partial charge in [0.15, 0.2) is 0 Å². The molecule has 39 heavy (non-hydrogen) atoms. The maximum Gasteiger partial charge on any atom is 0.321 e. The number of aryl methyl sites for hydroxylation is 1. The molecule has 1 saturated heterocycles. The number of nitrogens with one attached hydrogen (secondary N) is 1. The molecule has 1 aliphatic rings. The number of rotatable bonds is 5. The lowest BCUT2D eigenvalue weighted by Crippen LogP contribution is -2.51. The molecule has 0 atom stereocenters. The summed E-state index contributed by atoms with van der Waals surface area (Å²) in [7, 11) is 1.59. The molecular weight excluding hydrogens is 495 g/mol. The molecule has 0 bridgehead atoms. The molecule has 0 saturated carbocycles. The minimum absolute atomic E-state index is 0.148. The highest BCUT2D eigenvalue weighted by Crippen LogP contribution is 2.33. The van der Waals surface area contributed by atoms with Gasteiger partial charge in [-0.05, 0) is 56.3 Å². The summed E-state index contributed by atoms with van der Waals surface area (Å²) in [5.41, 5.74) is 4.85. The Morgan fingerprint density at radius 1 is 0.846 bits per heavy atom. The third-order valence-corrected chi connectivity index (χ3v) is 7.09. The summed E-state index contributed by atoms with van der Waals surface area (Å²) < 4.78 is 22.2. The van der Waals surface area contributed by atoms with Crippen LogP contribution in [0, 0.1) is 19.7 Å². The number of amides is 3. The molecular formula is C31H31FN4O3. The fourth-order valence-electron chi connectivity index (χ4n) is 4.88. The zero-order chi connectivity index (χ0) is 27.5. The van der Waals surface area contributed by atoms with Crippen LogP contribution in [0.5, 0.6) is 5.75 Å². The van der Waals surface area contributed by atoms with Crippen molar-refractivity contribution in [2.24, 2.45) is 0 Å². The van der Waals surface area contributed by atoms with Gasteiger partial charge in [0.05, 0.1) is 24.1 Å². The molecule has 5 rings (SSSR count). The number of carbonyl (C=O) groups excluding carboxylic acids is 2. The maximum atomic E-state index is 15.0. The first-order chi connectivity index (χ1) is 18.9. The Balaban J connectivity index is 1.39. The topological polar surface area (TPSA) is 66.8 Å². The van der Waals surface area contributed by atoms with Gasteiger partial charge in [0.2, 0.25) is 0 Å². The fourth-order valence-corrected chi connectivity index (χ4v) is 4.88. The van der Waals surface area contributed by atoms with E-state index >= 15 is 0 Å². The maximum absolute atomic E-state index is 15.0. The van der Waals surface area contributed by atoms with Gasteiger partial charge in [-0.15, -0.1) is 0 Å². The molecule has 2 heterocycles.